The van der Waals surface area contributed by atoms with Crippen LogP contribution in [0.25, 0.3) is 0 Å². The number of hydrogen-bond donors (Lipinski definition) is 4. The lowest BCUT2D eigenvalue weighted by atomic mass is 9.71. The average molecular weight is 616 g/mol. The SMILES string of the molecule is CCN(CC)CCOC1CCC(/C(=C(/Cl)C2CCCCC2)C2CCCCC2)CC1.O=C(O)CC(O)(CC(=O)O)C(=O)O. The van der Waals surface area contributed by atoms with Gasteiger partial charge in [0.2, 0.25) is 0 Å². The van der Waals surface area contributed by atoms with E-state index in [1.807, 2.05) is 0 Å². The topological polar surface area (TPSA) is 145 Å². The zero-order valence-electron chi connectivity index (χ0n) is 25.7. The van der Waals surface area contributed by atoms with Gasteiger partial charge in [-0.2, -0.15) is 0 Å². The molecule has 242 valence electrons. The molecule has 0 amide bonds. The van der Waals surface area contributed by atoms with E-state index in [1.54, 1.807) is 5.57 Å². The second kappa shape index (κ2) is 18.9. The molecule has 0 aromatic rings. The molecule has 3 rings (SSSR count). The summed E-state index contributed by atoms with van der Waals surface area (Å²) in [6, 6.07) is 0. The van der Waals surface area contributed by atoms with E-state index in [1.165, 1.54) is 94.9 Å². The van der Waals surface area contributed by atoms with Gasteiger partial charge in [-0.25, -0.2) is 4.79 Å². The molecule has 4 N–H and O–H groups in total. The van der Waals surface area contributed by atoms with E-state index in [4.69, 9.17) is 36.8 Å². The number of halogens is 1. The van der Waals surface area contributed by atoms with Crippen molar-refractivity contribution in [3.05, 3.63) is 10.6 Å². The Morgan fingerprint density at radius 1 is 0.738 bits per heavy atom. The molecule has 0 aromatic heterocycles. The smallest absolute Gasteiger partial charge is 0.336 e. The highest BCUT2D eigenvalue weighted by molar-refractivity contribution is 6.30. The molecule has 3 fully saturated rings. The molecule has 0 atom stereocenters. The van der Waals surface area contributed by atoms with Crippen LogP contribution in [-0.2, 0) is 19.1 Å². The molecule has 0 spiro atoms. The average Bonchev–Trinajstić information content (AvgIpc) is 2.96. The van der Waals surface area contributed by atoms with E-state index in [0.717, 1.165) is 38.1 Å². The fourth-order valence-corrected chi connectivity index (χ4v) is 7.40. The van der Waals surface area contributed by atoms with Crippen molar-refractivity contribution < 1.29 is 39.5 Å². The van der Waals surface area contributed by atoms with Crippen molar-refractivity contribution in [1.82, 2.24) is 4.90 Å². The normalized spacial score (nSPS) is 23.1. The Balaban J connectivity index is 0.000000401. The van der Waals surface area contributed by atoms with Gasteiger partial charge in [0.15, 0.2) is 5.60 Å². The molecule has 42 heavy (non-hydrogen) atoms. The fraction of sp³-hybridized carbons (Fsp3) is 0.844. The van der Waals surface area contributed by atoms with Crippen molar-refractivity contribution in [2.24, 2.45) is 17.8 Å². The van der Waals surface area contributed by atoms with Crippen molar-refractivity contribution in [1.29, 1.82) is 0 Å². The van der Waals surface area contributed by atoms with E-state index in [0.29, 0.717) is 12.0 Å². The summed E-state index contributed by atoms with van der Waals surface area (Å²) >= 11 is 7.22. The largest absolute Gasteiger partial charge is 0.481 e. The van der Waals surface area contributed by atoms with Crippen LogP contribution in [0.3, 0.4) is 0 Å². The fourth-order valence-electron chi connectivity index (χ4n) is 6.87. The maximum absolute atomic E-state index is 10.3. The van der Waals surface area contributed by atoms with E-state index >= 15 is 0 Å². The van der Waals surface area contributed by atoms with Gasteiger partial charge in [0, 0.05) is 11.6 Å². The van der Waals surface area contributed by atoms with Crippen LogP contribution >= 0.6 is 11.6 Å². The van der Waals surface area contributed by atoms with Crippen LogP contribution in [0.15, 0.2) is 10.6 Å². The lowest BCUT2D eigenvalue weighted by Crippen LogP contribution is -2.42. The van der Waals surface area contributed by atoms with E-state index < -0.39 is 36.4 Å². The number of ether oxygens (including phenoxy) is 1. The van der Waals surface area contributed by atoms with Gasteiger partial charge >= 0.3 is 17.9 Å². The molecule has 0 aromatic carbocycles. The summed E-state index contributed by atoms with van der Waals surface area (Å²) < 4.78 is 6.28. The van der Waals surface area contributed by atoms with Crippen molar-refractivity contribution in [3.8, 4) is 0 Å². The van der Waals surface area contributed by atoms with Crippen LogP contribution in [0.2, 0.25) is 0 Å². The summed E-state index contributed by atoms with van der Waals surface area (Å²) in [5.41, 5.74) is -1.02. The second-order valence-corrected chi connectivity index (χ2v) is 12.7. The Labute approximate surface area is 256 Å². The Morgan fingerprint density at radius 3 is 1.62 bits per heavy atom. The molecule has 0 saturated heterocycles. The molecule has 9 nitrogen and oxygen atoms in total. The van der Waals surface area contributed by atoms with Gasteiger partial charge in [-0.05, 0) is 87.8 Å². The molecule has 3 saturated carbocycles. The number of carbonyl (C=O) groups is 3. The number of nitrogens with zero attached hydrogens (tertiary/aromatic N) is 1. The van der Waals surface area contributed by atoms with E-state index in [-0.39, 0.29) is 0 Å². The third-order valence-corrected chi connectivity index (χ3v) is 9.87. The number of carboxylic acids is 3. The highest BCUT2D eigenvalue weighted by Gasteiger charge is 2.41. The molecule has 3 aliphatic rings. The summed E-state index contributed by atoms with van der Waals surface area (Å²) in [7, 11) is 0. The zero-order chi connectivity index (χ0) is 31.1. The Hall–Kier alpha value is -1.68. The summed E-state index contributed by atoms with van der Waals surface area (Å²) in [4.78, 5) is 32.9. The van der Waals surface area contributed by atoms with Crippen molar-refractivity contribution in [3.63, 3.8) is 0 Å². The van der Waals surface area contributed by atoms with Crippen LogP contribution in [0, 0.1) is 17.8 Å². The molecule has 0 unspecified atom stereocenters. The lowest BCUT2D eigenvalue weighted by Gasteiger charge is -2.37. The van der Waals surface area contributed by atoms with Crippen LogP contribution < -0.4 is 0 Å². The monoisotopic (exact) mass is 615 g/mol. The minimum Gasteiger partial charge on any atom is -0.481 e. The first kappa shape index (κ1) is 36.5. The lowest BCUT2D eigenvalue weighted by molar-refractivity contribution is -0.170. The number of likely N-dealkylation sites (N-methyl/N-ethyl adjacent to an activating group) is 1. The molecule has 0 heterocycles. The third-order valence-electron chi connectivity index (χ3n) is 9.34. The highest BCUT2D eigenvalue weighted by Crippen LogP contribution is 2.46. The van der Waals surface area contributed by atoms with Crippen LogP contribution in [-0.4, -0.2) is 81.2 Å². The first-order valence-electron chi connectivity index (χ1n) is 16.1. The minimum atomic E-state index is -2.74. The Bertz CT molecular complexity index is 854. The second-order valence-electron chi connectivity index (χ2n) is 12.3. The highest BCUT2D eigenvalue weighted by atomic mass is 35.5. The predicted octanol–water partition coefficient (Wildman–Crippen LogP) is 6.31. The number of rotatable bonds is 14. The van der Waals surface area contributed by atoms with Crippen LogP contribution in [0.5, 0.6) is 0 Å². The van der Waals surface area contributed by atoms with Gasteiger partial charge in [0.25, 0.3) is 0 Å². The first-order valence-corrected chi connectivity index (χ1v) is 16.5. The maximum Gasteiger partial charge on any atom is 0.336 e. The van der Waals surface area contributed by atoms with Gasteiger partial charge < -0.3 is 30.1 Å². The standard InChI is InChI=1S/C26H46ClNO.C6H8O7/c1-3-28(4-2)19-20-29-24-17-15-22(16-18-24)25(21-11-7-5-8-12-21)26(27)23-13-9-6-10-14-23;7-3(8)1-6(13,5(11)12)2-4(9)10/h21-24H,3-20H2,1-2H3;13H,1-2H2,(H,7,8)(H,9,10)(H,11,12)/b26-25+;. The number of aliphatic hydroxyl groups is 1. The summed E-state index contributed by atoms with van der Waals surface area (Å²) in [6.45, 7) is 8.70. The molecular weight excluding hydrogens is 562 g/mol. The Morgan fingerprint density at radius 2 is 1.19 bits per heavy atom. The molecular formula is C32H54ClNO8. The van der Waals surface area contributed by atoms with Crippen molar-refractivity contribution >= 4 is 29.5 Å². The first-order chi connectivity index (χ1) is 20.0. The molecule has 0 aliphatic heterocycles. The minimum absolute atomic E-state index is 0.475. The van der Waals surface area contributed by atoms with Gasteiger partial charge in [0.05, 0.1) is 25.6 Å². The van der Waals surface area contributed by atoms with Gasteiger partial charge in [-0.1, -0.05) is 64.0 Å². The van der Waals surface area contributed by atoms with Gasteiger partial charge in [0.1, 0.15) is 0 Å². The quantitative estimate of drug-likeness (QED) is 0.177. The summed E-state index contributed by atoms with van der Waals surface area (Å²) in [5.74, 6) is -2.83. The molecule has 3 aliphatic carbocycles. The molecule has 0 radical (unpaired) electrons. The summed E-state index contributed by atoms with van der Waals surface area (Å²) in [5, 5.41) is 35.1. The number of aliphatic carboxylic acids is 3. The predicted molar refractivity (Wildman–Crippen MR) is 163 cm³/mol. The number of allylic oxidation sites excluding steroid dienone is 2. The van der Waals surface area contributed by atoms with Crippen LogP contribution in [0.4, 0.5) is 0 Å². The Kier molecular flexibility index (Phi) is 16.4. The van der Waals surface area contributed by atoms with Gasteiger partial charge in [-0.3, -0.25) is 9.59 Å². The zero-order valence-corrected chi connectivity index (χ0v) is 26.5. The maximum atomic E-state index is 10.3. The summed E-state index contributed by atoms with van der Waals surface area (Å²) in [6.07, 6.45) is 17.1. The van der Waals surface area contributed by atoms with Crippen molar-refractivity contribution in [2.75, 3.05) is 26.2 Å². The third kappa shape index (κ3) is 12.1. The van der Waals surface area contributed by atoms with Crippen molar-refractivity contribution in [2.45, 2.75) is 128 Å². The van der Waals surface area contributed by atoms with E-state index in [2.05, 4.69) is 18.7 Å². The van der Waals surface area contributed by atoms with Gasteiger partial charge in [-0.15, -0.1) is 0 Å². The molecule has 0 bridgehead atoms. The number of hydrogen-bond acceptors (Lipinski definition) is 6. The number of carboxylic acid groups (broad SMARTS) is 3. The van der Waals surface area contributed by atoms with Crippen LogP contribution in [0.1, 0.15) is 117 Å². The van der Waals surface area contributed by atoms with E-state index in [9.17, 15) is 14.4 Å². The molecule has 10 heteroatoms.